The van der Waals surface area contributed by atoms with Crippen LogP contribution in [0.3, 0.4) is 0 Å². The molecule has 1 fully saturated rings. The van der Waals surface area contributed by atoms with Gasteiger partial charge in [-0.3, -0.25) is 9.59 Å². The molecule has 1 heterocycles. The minimum absolute atomic E-state index is 0.184. The fourth-order valence-corrected chi connectivity index (χ4v) is 3.99. The molecule has 0 radical (unpaired) electrons. The maximum absolute atomic E-state index is 13.2. The molecule has 3 rings (SSSR count). The van der Waals surface area contributed by atoms with Crippen LogP contribution in [0.4, 0.5) is 32.6 Å². The van der Waals surface area contributed by atoms with E-state index >= 15 is 0 Å². The van der Waals surface area contributed by atoms with Crippen LogP contribution in [0.25, 0.3) is 17.6 Å². The number of hydrogen-bond acceptors (Lipinski definition) is 5. The normalized spacial score (nSPS) is 17.6. The molecule has 1 aromatic heterocycles. The Kier molecular flexibility index (Phi) is 5.85. The molecule has 1 saturated carbocycles. The Balaban J connectivity index is 1.88. The summed E-state index contributed by atoms with van der Waals surface area (Å²) in [5.41, 5.74) is -2.95. The summed E-state index contributed by atoms with van der Waals surface area (Å²) in [6.07, 6.45) is -0.110. The second-order valence-electron chi connectivity index (χ2n) is 7.60. The van der Waals surface area contributed by atoms with Crippen molar-refractivity contribution in [3.8, 4) is 11.4 Å². The first-order valence-corrected chi connectivity index (χ1v) is 11.5. The van der Waals surface area contributed by atoms with Crippen LogP contribution in [0.2, 0.25) is 0 Å². The summed E-state index contributed by atoms with van der Waals surface area (Å²) in [7, 11) is -10.5. The molecule has 1 aliphatic rings. The molecule has 0 bridgehead atoms. The topological polar surface area (TPSA) is 94.1 Å². The lowest BCUT2D eigenvalue weighted by molar-refractivity contribution is -0.145. The highest BCUT2D eigenvalue weighted by atomic mass is 32.5. The van der Waals surface area contributed by atoms with Gasteiger partial charge in [0.2, 0.25) is 5.91 Å². The van der Waals surface area contributed by atoms with Crippen molar-refractivity contribution in [2.75, 3.05) is 0 Å². The summed E-state index contributed by atoms with van der Waals surface area (Å²) in [5.74, 6) is 2.79. The first-order valence-electron chi connectivity index (χ1n) is 9.54. The minimum atomic E-state index is -10.5. The van der Waals surface area contributed by atoms with Crippen LogP contribution in [0.5, 0.6) is 0 Å². The van der Waals surface area contributed by atoms with E-state index in [0.29, 0.717) is 17.9 Å². The molecule has 1 aromatic carbocycles. The molecule has 188 valence electrons. The average Bonchev–Trinajstić information content (AvgIpc) is 3.40. The number of hydrazine groups is 1. The number of aromatic nitrogens is 3. The standard InChI is InChI=1S/C18H17F8N5O2S/c19-18(20,21)13-7-12(8-14(9-13)34(22,23,24,25)26)16-28-10-30(29-16)6-5-15(32)31(27)17(33)11-3-1-2-4-11/h5-11H,1-4,27H2. The smallest absolute Gasteiger partial charge is 0.273 e. The minimum Gasteiger partial charge on any atom is -0.273 e. The van der Waals surface area contributed by atoms with Gasteiger partial charge in [0.25, 0.3) is 5.91 Å². The van der Waals surface area contributed by atoms with Crippen LogP contribution in [0.1, 0.15) is 31.2 Å². The fourth-order valence-electron chi connectivity index (χ4n) is 3.29. The molecular weight excluding hydrogens is 502 g/mol. The van der Waals surface area contributed by atoms with E-state index in [4.69, 9.17) is 5.84 Å². The zero-order chi connectivity index (χ0) is 25.6. The van der Waals surface area contributed by atoms with E-state index in [1.165, 1.54) is 0 Å². The summed E-state index contributed by atoms with van der Waals surface area (Å²) >= 11 is 0. The van der Waals surface area contributed by atoms with Crippen molar-refractivity contribution in [3.05, 3.63) is 36.2 Å². The maximum atomic E-state index is 13.2. The Bertz CT molecular complexity index is 1150. The van der Waals surface area contributed by atoms with Crippen molar-refractivity contribution >= 4 is 28.2 Å². The van der Waals surface area contributed by atoms with Crippen molar-refractivity contribution in [1.29, 1.82) is 0 Å². The van der Waals surface area contributed by atoms with Crippen molar-refractivity contribution in [2.45, 2.75) is 36.8 Å². The van der Waals surface area contributed by atoms with E-state index in [2.05, 4.69) is 10.1 Å². The van der Waals surface area contributed by atoms with Gasteiger partial charge in [0.1, 0.15) is 11.2 Å². The predicted octanol–water partition coefficient (Wildman–Crippen LogP) is 5.51. The maximum Gasteiger partial charge on any atom is 0.416 e. The number of amides is 2. The molecular formula is C18H17F8N5O2S. The summed E-state index contributed by atoms with van der Waals surface area (Å²) in [4.78, 5) is 25.0. The first-order chi connectivity index (χ1) is 15.3. The summed E-state index contributed by atoms with van der Waals surface area (Å²) in [6.45, 7) is 0. The predicted molar refractivity (Wildman–Crippen MR) is 105 cm³/mol. The molecule has 16 heteroatoms. The Labute approximate surface area is 186 Å². The summed E-state index contributed by atoms with van der Waals surface area (Å²) < 4.78 is 106. The van der Waals surface area contributed by atoms with Crippen molar-refractivity contribution in [3.63, 3.8) is 0 Å². The Hall–Kier alpha value is -3.01. The Morgan fingerprint density at radius 3 is 2.26 bits per heavy atom. The molecule has 0 saturated heterocycles. The number of imide groups is 1. The number of hydrogen-bond donors (Lipinski definition) is 1. The molecule has 0 aliphatic heterocycles. The highest BCUT2D eigenvalue weighted by molar-refractivity contribution is 8.45. The van der Waals surface area contributed by atoms with E-state index in [1.807, 2.05) is 0 Å². The van der Waals surface area contributed by atoms with Crippen LogP contribution in [0, 0.1) is 5.92 Å². The third-order valence-electron chi connectivity index (χ3n) is 5.00. The molecule has 2 aromatic rings. The second kappa shape index (κ2) is 7.76. The quantitative estimate of drug-likeness (QED) is 0.185. The number of benzene rings is 1. The largest absolute Gasteiger partial charge is 0.416 e. The first kappa shape index (κ1) is 25.6. The summed E-state index contributed by atoms with van der Waals surface area (Å²) in [5, 5.41) is 3.97. The van der Waals surface area contributed by atoms with E-state index < -0.39 is 62.0 Å². The van der Waals surface area contributed by atoms with Gasteiger partial charge in [0.15, 0.2) is 5.82 Å². The van der Waals surface area contributed by atoms with E-state index in [0.717, 1.165) is 36.1 Å². The van der Waals surface area contributed by atoms with Crippen LogP contribution >= 0.6 is 10.2 Å². The van der Waals surface area contributed by atoms with Crippen molar-refractivity contribution < 1.29 is 42.2 Å². The Morgan fingerprint density at radius 2 is 1.71 bits per heavy atom. The van der Waals surface area contributed by atoms with Gasteiger partial charge >= 0.3 is 16.4 Å². The zero-order valence-electron chi connectivity index (χ0n) is 17.0. The number of carbonyl (C=O) groups is 2. The lowest BCUT2D eigenvalue weighted by Crippen LogP contribution is -2.44. The van der Waals surface area contributed by atoms with Crippen LogP contribution < -0.4 is 5.84 Å². The molecule has 7 nitrogen and oxygen atoms in total. The lowest BCUT2D eigenvalue weighted by Gasteiger charge is -2.40. The number of halogens is 8. The van der Waals surface area contributed by atoms with Gasteiger partial charge in [-0.05, 0) is 31.0 Å². The zero-order valence-corrected chi connectivity index (χ0v) is 17.8. The monoisotopic (exact) mass is 519 g/mol. The molecule has 0 atom stereocenters. The third-order valence-corrected chi connectivity index (χ3v) is 6.12. The summed E-state index contributed by atoms with van der Waals surface area (Å²) in [6, 6.07) is -0.686. The molecule has 2 amide bonds. The lowest BCUT2D eigenvalue weighted by atomic mass is 10.1. The number of alkyl halides is 3. The van der Waals surface area contributed by atoms with Gasteiger partial charge in [0.05, 0.1) is 5.56 Å². The molecule has 0 unspecified atom stereocenters. The number of nitrogens with two attached hydrogens (primary N) is 1. The van der Waals surface area contributed by atoms with Crippen LogP contribution in [0.15, 0.2) is 35.5 Å². The van der Waals surface area contributed by atoms with Crippen molar-refractivity contribution in [2.24, 2.45) is 11.8 Å². The number of nitrogens with zero attached hydrogens (tertiary/aromatic N) is 4. The van der Waals surface area contributed by atoms with E-state index in [-0.39, 0.29) is 12.1 Å². The molecule has 2 N–H and O–H groups in total. The highest BCUT2D eigenvalue weighted by Crippen LogP contribution is 3.02. The third kappa shape index (κ3) is 5.91. The van der Waals surface area contributed by atoms with Gasteiger partial charge in [-0.2, -0.15) is 13.2 Å². The van der Waals surface area contributed by atoms with Gasteiger partial charge in [-0.1, -0.05) is 32.3 Å². The van der Waals surface area contributed by atoms with E-state index in [9.17, 15) is 42.2 Å². The fraction of sp³-hybridized carbons (Fsp3) is 0.333. The van der Waals surface area contributed by atoms with Gasteiger partial charge < -0.3 is 0 Å². The van der Waals surface area contributed by atoms with E-state index in [1.54, 1.807) is 0 Å². The highest BCUT2D eigenvalue weighted by Gasteiger charge is 2.66. The average molecular weight is 519 g/mol. The SMILES string of the molecule is NN(C(=O)C=Cn1cnc(-c2cc(C(F)(F)F)cc(S(F)(F)(F)(F)F)c2)n1)C(=O)C1CCCC1. The van der Waals surface area contributed by atoms with Gasteiger partial charge in [-0.15, -0.1) is 5.10 Å². The van der Waals surface area contributed by atoms with Crippen LogP contribution in [-0.4, -0.2) is 31.6 Å². The molecule has 1 aliphatic carbocycles. The number of rotatable bonds is 5. The van der Waals surface area contributed by atoms with Gasteiger partial charge in [0, 0.05) is 23.8 Å². The van der Waals surface area contributed by atoms with Crippen LogP contribution in [-0.2, 0) is 15.8 Å². The van der Waals surface area contributed by atoms with Gasteiger partial charge in [-0.25, -0.2) is 20.5 Å². The molecule has 34 heavy (non-hydrogen) atoms. The molecule has 0 spiro atoms. The van der Waals surface area contributed by atoms with Crippen molar-refractivity contribution in [1.82, 2.24) is 19.8 Å². The second-order valence-corrected chi connectivity index (χ2v) is 10.0. The Morgan fingerprint density at radius 1 is 1.09 bits per heavy atom. The number of carbonyl (C=O) groups excluding carboxylic acids is 2.